The van der Waals surface area contributed by atoms with E-state index in [1.54, 1.807) is 17.0 Å². The third-order valence-corrected chi connectivity index (χ3v) is 2.16. The van der Waals surface area contributed by atoms with Gasteiger partial charge in [-0.15, -0.1) is 10.2 Å². The molecule has 1 aromatic heterocycles. The third-order valence-electron chi connectivity index (χ3n) is 2.16. The minimum atomic E-state index is -0.191. The van der Waals surface area contributed by atoms with Crippen LogP contribution >= 0.6 is 0 Å². The molecule has 3 N–H and O–H groups in total. The Morgan fingerprint density at radius 2 is 2.25 bits per heavy atom. The fourth-order valence-corrected chi connectivity index (χ4v) is 1.28. The first-order valence-corrected chi connectivity index (χ1v) is 5.18. The maximum atomic E-state index is 11.9. The number of amides is 1. The molecule has 0 bridgehead atoms. The lowest BCUT2D eigenvalue weighted by Crippen LogP contribution is -2.33. The molecule has 1 rings (SSSR count). The predicted molar refractivity (Wildman–Crippen MR) is 59.7 cm³/mol. The summed E-state index contributed by atoms with van der Waals surface area (Å²) in [5, 5.41) is 16.1. The van der Waals surface area contributed by atoms with Gasteiger partial charge in [0, 0.05) is 19.7 Å². The summed E-state index contributed by atoms with van der Waals surface area (Å²) >= 11 is 0. The van der Waals surface area contributed by atoms with Crippen LogP contribution in [0.1, 0.15) is 23.8 Å². The van der Waals surface area contributed by atoms with Gasteiger partial charge >= 0.3 is 0 Å². The van der Waals surface area contributed by atoms with Gasteiger partial charge in [-0.2, -0.15) is 0 Å². The van der Waals surface area contributed by atoms with Crippen LogP contribution in [-0.4, -0.2) is 45.8 Å². The molecule has 0 fully saturated rings. The quantitative estimate of drug-likeness (QED) is 0.728. The van der Waals surface area contributed by atoms with Crippen LogP contribution < -0.4 is 5.73 Å². The van der Waals surface area contributed by atoms with Gasteiger partial charge in [-0.25, -0.2) is 0 Å². The highest BCUT2D eigenvalue weighted by Gasteiger charge is 2.15. The molecule has 6 nitrogen and oxygen atoms in total. The Morgan fingerprint density at radius 3 is 2.75 bits per heavy atom. The Morgan fingerprint density at radius 1 is 1.50 bits per heavy atom. The fraction of sp³-hybridized carbons (Fsp3) is 0.500. The predicted octanol–water partition coefficient (Wildman–Crippen LogP) is -0.0967. The summed E-state index contributed by atoms with van der Waals surface area (Å²) in [6.07, 6.45) is 0.558. The lowest BCUT2D eigenvalue weighted by atomic mass is 10.3. The second-order valence-corrected chi connectivity index (χ2v) is 3.31. The van der Waals surface area contributed by atoms with E-state index < -0.39 is 0 Å². The van der Waals surface area contributed by atoms with Crippen molar-refractivity contribution in [2.75, 3.05) is 25.4 Å². The lowest BCUT2D eigenvalue weighted by molar-refractivity contribution is 0.0747. The van der Waals surface area contributed by atoms with E-state index in [0.717, 1.165) is 0 Å². The van der Waals surface area contributed by atoms with Gasteiger partial charge < -0.3 is 15.7 Å². The number of rotatable bonds is 5. The molecule has 88 valence electrons. The summed E-state index contributed by atoms with van der Waals surface area (Å²) in [7, 11) is 0. The topological polar surface area (TPSA) is 92.3 Å². The highest BCUT2D eigenvalue weighted by molar-refractivity contribution is 5.92. The summed E-state index contributed by atoms with van der Waals surface area (Å²) in [6, 6.07) is 3.09. The number of aliphatic hydroxyl groups is 1. The molecule has 0 aliphatic rings. The largest absolute Gasteiger partial charge is 0.396 e. The molecular formula is C10H16N4O2. The van der Waals surface area contributed by atoms with Crippen molar-refractivity contribution in [1.82, 2.24) is 15.1 Å². The van der Waals surface area contributed by atoms with Crippen LogP contribution in [0.4, 0.5) is 5.82 Å². The first-order valence-electron chi connectivity index (χ1n) is 5.18. The molecule has 1 heterocycles. The molecule has 0 saturated heterocycles. The monoisotopic (exact) mass is 224 g/mol. The van der Waals surface area contributed by atoms with Gasteiger partial charge in [0.05, 0.1) is 0 Å². The van der Waals surface area contributed by atoms with Crippen LogP contribution in [0.3, 0.4) is 0 Å². The molecule has 0 spiro atoms. The molecule has 16 heavy (non-hydrogen) atoms. The molecule has 0 unspecified atom stereocenters. The first kappa shape index (κ1) is 12.4. The summed E-state index contributed by atoms with van der Waals surface area (Å²) < 4.78 is 0. The number of nitrogens with zero attached hydrogens (tertiary/aromatic N) is 3. The van der Waals surface area contributed by atoms with Crippen molar-refractivity contribution in [3.8, 4) is 0 Å². The van der Waals surface area contributed by atoms with Crippen LogP contribution in [0.15, 0.2) is 12.1 Å². The van der Waals surface area contributed by atoms with E-state index in [4.69, 9.17) is 10.8 Å². The zero-order valence-corrected chi connectivity index (χ0v) is 9.26. The maximum Gasteiger partial charge on any atom is 0.274 e. The Kier molecular flexibility index (Phi) is 4.65. The van der Waals surface area contributed by atoms with Crippen molar-refractivity contribution in [2.24, 2.45) is 0 Å². The van der Waals surface area contributed by atoms with Crippen molar-refractivity contribution in [3.63, 3.8) is 0 Å². The van der Waals surface area contributed by atoms with Gasteiger partial charge in [0.2, 0.25) is 0 Å². The van der Waals surface area contributed by atoms with Crippen molar-refractivity contribution >= 4 is 11.7 Å². The average Bonchev–Trinajstić information content (AvgIpc) is 2.30. The van der Waals surface area contributed by atoms with Crippen molar-refractivity contribution in [1.29, 1.82) is 0 Å². The number of nitrogen functional groups attached to an aromatic ring is 1. The molecule has 1 aromatic rings. The van der Waals surface area contributed by atoms with Gasteiger partial charge in [-0.3, -0.25) is 4.79 Å². The number of aliphatic hydroxyl groups excluding tert-OH is 1. The summed E-state index contributed by atoms with van der Waals surface area (Å²) in [4.78, 5) is 13.5. The summed E-state index contributed by atoms with van der Waals surface area (Å²) in [5.74, 6) is 0.0957. The molecule has 6 heteroatoms. The molecule has 0 radical (unpaired) electrons. The van der Waals surface area contributed by atoms with E-state index in [0.29, 0.717) is 19.5 Å². The SMILES string of the molecule is CCN(CCCO)C(=O)c1ccc(N)nn1. The van der Waals surface area contributed by atoms with Crippen LogP contribution in [0.25, 0.3) is 0 Å². The number of aromatic nitrogens is 2. The summed E-state index contributed by atoms with van der Waals surface area (Å²) in [6.45, 7) is 3.03. The van der Waals surface area contributed by atoms with E-state index >= 15 is 0 Å². The maximum absolute atomic E-state index is 11.9. The van der Waals surface area contributed by atoms with Crippen LogP contribution in [0, 0.1) is 0 Å². The van der Waals surface area contributed by atoms with Crippen molar-refractivity contribution < 1.29 is 9.90 Å². The molecule has 0 aliphatic heterocycles. The van der Waals surface area contributed by atoms with E-state index in [2.05, 4.69) is 10.2 Å². The minimum Gasteiger partial charge on any atom is -0.396 e. The number of hydrogen-bond acceptors (Lipinski definition) is 5. The molecule has 0 aliphatic carbocycles. The second-order valence-electron chi connectivity index (χ2n) is 3.31. The van der Waals surface area contributed by atoms with Gasteiger partial charge in [0.25, 0.3) is 5.91 Å². The van der Waals surface area contributed by atoms with Gasteiger partial charge in [-0.05, 0) is 25.5 Å². The van der Waals surface area contributed by atoms with E-state index in [9.17, 15) is 4.79 Å². The lowest BCUT2D eigenvalue weighted by Gasteiger charge is -2.19. The number of carbonyl (C=O) groups is 1. The third kappa shape index (κ3) is 3.16. The Bertz CT molecular complexity index is 339. The Hall–Kier alpha value is -1.69. The molecule has 0 atom stereocenters. The van der Waals surface area contributed by atoms with Crippen molar-refractivity contribution in [3.05, 3.63) is 17.8 Å². The van der Waals surface area contributed by atoms with Crippen LogP contribution in [0.5, 0.6) is 0 Å². The smallest absolute Gasteiger partial charge is 0.274 e. The number of anilines is 1. The van der Waals surface area contributed by atoms with E-state index in [-0.39, 0.29) is 24.0 Å². The van der Waals surface area contributed by atoms with Gasteiger partial charge in [-0.1, -0.05) is 0 Å². The summed E-state index contributed by atoms with van der Waals surface area (Å²) in [5.41, 5.74) is 5.66. The molecule has 1 amide bonds. The zero-order valence-electron chi connectivity index (χ0n) is 9.26. The Balaban J connectivity index is 2.70. The number of nitrogens with two attached hydrogens (primary N) is 1. The highest BCUT2D eigenvalue weighted by atomic mass is 16.3. The van der Waals surface area contributed by atoms with Crippen LogP contribution in [-0.2, 0) is 0 Å². The van der Waals surface area contributed by atoms with E-state index in [1.807, 2.05) is 6.92 Å². The highest BCUT2D eigenvalue weighted by Crippen LogP contribution is 2.03. The van der Waals surface area contributed by atoms with E-state index in [1.165, 1.54) is 0 Å². The second kappa shape index (κ2) is 6.02. The van der Waals surface area contributed by atoms with Crippen molar-refractivity contribution in [2.45, 2.75) is 13.3 Å². The number of hydrogen-bond donors (Lipinski definition) is 2. The molecule has 0 aromatic carbocycles. The van der Waals surface area contributed by atoms with Crippen LogP contribution in [0.2, 0.25) is 0 Å². The standard InChI is InChI=1S/C10H16N4O2/c1-2-14(6-3-7-15)10(16)8-4-5-9(11)13-12-8/h4-5,15H,2-3,6-7H2,1H3,(H2,11,13). The van der Waals surface area contributed by atoms with Gasteiger partial charge in [0.1, 0.15) is 5.82 Å². The Labute approximate surface area is 94.1 Å². The fourth-order valence-electron chi connectivity index (χ4n) is 1.28. The molecule has 0 saturated carbocycles. The average molecular weight is 224 g/mol. The first-order chi connectivity index (χ1) is 7.69. The number of carbonyl (C=O) groups excluding carboxylic acids is 1. The van der Waals surface area contributed by atoms with Gasteiger partial charge in [0.15, 0.2) is 5.69 Å². The molecular weight excluding hydrogens is 208 g/mol. The minimum absolute atomic E-state index is 0.0667. The zero-order chi connectivity index (χ0) is 12.0. The normalized spacial score (nSPS) is 10.1.